The fourth-order valence-electron chi connectivity index (χ4n) is 1.47. The van der Waals surface area contributed by atoms with Crippen molar-refractivity contribution in [3.05, 3.63) is 27.7 Å². The first-order valence-corrected chi connectivity index (χ1v) is 5.11. The topological polar surface area (TPSA) is 46.2 Å². The van der Waals surface area contributed by atoms with Crippen LogP contribution < -0.4 is 5.73 Å². The fraction of sp³-hybridized carbons (Fsp3) is 0.400. The van der Waals surface area contributed by atoms with Gasteiger partial charge in [0.2, 0.25) is 0 Å². The summed E-state index contributed by atoms with van der Waals surface area (Å²) in [4.78, 5) is 0. The highest BCUT2D eigenvalue weighted by atomic mass is 79.9. The third-order valence-corrected chi connectivity index (χ3v) is 3.64. The largest absolute Gasteiger partial charge is 0.506 e. The molecule has 13 heavy (non-hydrogen) atoms. The molecule has 1 fully saturated rings. The lowest BCUT2D eigenvalue weighted by Gasteiger charge is -2.13. The van der Waals surface area contributed by atoms with Gasteiger partial charge in [0.05, 0.1) is 4.47 Å². The molecule has 0 unspecified atom stereocenters. The van der Waals surface area contributed by atoms with Crippen LogP contribution in [0.15, 0.2) is 16.6 Å². The van der Waals surface area contributed by atoms with E-state index in [1.807, 2.05) is 19.1 Å². The molecule has 2 rings (SSSR count). The lowest BCUT2D eigenvalue weighted by molar-refractivity contribution is 0.456. The molecule has 0 heterocycles. The maximum atomic E-state index is 9.83. The van der Waals surface area contributed by atoms with Gasteiger partial charge in [0.25, 0.3) is 0 Å². The maximum Gasteiger partial charge on any atom is 0.135 e. The molecule has 0 aliphatic heterocycles. The minimum atomic E-state index is -0.264. The first-order chi connectivity index (χ1) is 6.04. The van der Waals surface area contributed by atoms with Gasteiger partial charge in [-0.2, -0.15) is 0 Å². The highest BCUT2D eigenvalue weighted by Crippen LogP contribution is 2.48. The average Bonchev–Trinajstić information content (AvgIpc) is 2.80. The Bertz CT molecular complexity index is 358. The molecule has 1 aromatic rings. The molecule has 1 aliphatic rings. The second-order valence-electron chi connectivity index (χ2n) is 3.75. The molecule has 0 atom stereocenters. The van der Waals surface area contributed by atoms with Gasteiger partial charge in [-0.3, -0.25) is 0 Å². The van der Waals surface area contributed by atoms with Crippen LogP contribution in [0.1, 0.15) is 24.0 Å². The Morgan fingerprint density at radius 3 is 2.62 bits per heavy atom. The standard InChI is InChI=1S/C10H12BrNO/c1-6-2-3-7(9(13)8(6)11)10(12)4-5-10/h2-3,13H,4-5,12H2,1H3. The lowest BCUT2D eigenvalue weighted by atomic mass is 10.0. The van der Waals surface area contributed by atoms with Crippen LogP contribution in [0.4, 0.5) is 0 Å². The second-order valence-corrected chi connectivity index (χ2v) is 4.54. The molecule has 3 heteroatoms. The normalized spacial score (nSPS) is 18.7. The number of aryl methyl sites for hydroxylation is 1. The molecular formula is C10H12BrNO. The average molecular weight is 242 g/mol. The SMILES string of the molecule is Cc1ccc(C2(N)CC2)c(O)c1Br. The van der Waals surface area contributed by atoms with Crippen molar-refractivity contribution in [3.8, 4) is 5.75 Å². The molecular weight excluding hydrogens is 230 g/mol. The Morgan fingerprint density at radius 1 is 1.46 bits per heavy atom. The van der Waals surface area contributed by atoms with Crippen molar-refractivity contribution in [2.24, 2.45) is 5.73 Å². The predicted octanol–water partition coefficient (Wildman–Crippen LogP) is 2.41. The Morgan fingerprint density at radius 2 is 2.08 bits per heavy atom. The molecule has 1 saturated carbocycles. The molecule has 70 valence electrons. The summed E-state index contributed by atoms with van der Waals surface area (Å²) in [5.41, 5.74) is 7.64. The van der Waals surface area contributed by atoms with Gasteiger partial charge < -0.3 is 10.8 Å². The van der Waals surface area contributed by atoms with Crippen molar-refractivity contribution < 1.29 is 5.11 Å². The molecule has 2 nitrogen and oxygen atoms in total. The van der Waals surface area contributed by atoms with E-state index in [1.165, 1.54) is 0 Å². The van der Waals surface area contributed by atoms with Gasteiger partial charge in [0, 0.05) is 11.1 Å². The minimum absolute atomic E-state index is 0.264. The summed E-state index contributed by atoms with van der Waals surface area (Å²) in [7, 11) is 0. The first kappa shape index (κ1) is 9.03. The number of phenols is 1. The van der Waals surface area contributed by atoms with Crippen molar-refractivity contribution in [1.29, 1.82) is 0 Å². The summed E-state index contributed by atoms with van der Waals surface area (Å²) in [5, 5.41) is 9.83. The number of benzene rings is 1. The van der Waals surface area contributed by atoms with Gasteiger partial charge in [0.15, 0.2) is 0 Å². The molecule has 0 bridgehead atoms. The van der Waals surface area contributed by atoms with Gasteiger partial charge >= 0.3 is 0 Å². The second kappa shape index (κ2) is 2.72. The number of nitrogens with two attached hydrogens (primary N) is 1. The van der Waals surface area contributed by atoms with E-state index in [-0.39, 0.29) is 5.54 Å². The van der Waals surface area contributed by atoms with Gasteiger partial charge in [-0.1, -0.05) is 12.1 Å². The summed E-state index contributed by atoms with van der Waals surface area (Å²) in [6.45, 7) is 1.95. The van der Waals surface area contributed by atoms with E-state index in [9.17, 15) is 5.11 Å². The monoisotopic (exact) mass is 241 g/mol. The Kier molecular flexibility index (Phi) is 1.89. The Labute approximate surface area is 85.9 Å². The Hall–Kier alpha value is -0.540. The number of rotatable bonds is 1. The molecule has 0 aromatic heterocycles. The molecule has 3 N–H and O–H groups in total. The van der Waals surface area contributed by atoms with Crippen LogP contribution in [0.5, 0.6) is 5.75 Å². The van der Waals surface area contributed by atoms with Crippen LogP contribution in [0.2, 0.25) is 0 Å². The van der Waals surface area contributed by atoms with E-state index in [0.717, 1.165) is 28.4 Å². The van der Waals surface area contributed by atoms with Crippen LogP contribution in [-0.2, 0) is 5.54 Å². The number of aromatic hydroxyl groups is 1. The van der Waals surface area contributed by atoms with Crippen molar-refractivity contribution in [2.45, 2.75) is 25.3 Å². The summed E-state index contributed by atoms with van der Waals surface area (Å²) in [5.74, 6) is 0.306. The Balaban J connectivity index is 2.54. The summed E-state index contributed by atoms with van der Waals surface area (Å²) in [6, 6.07) is 3.90. The van der Waals surface area contributed by atoms with Crippen molar-refractivity contribution in [1.82, 2.24) is 0 Å². The summed E-state index contributed by atoms with van der Waals surface area (Å²) >= 11 is 3.34. The van der Waals surface area contributed by atoms with E-state index in [2.05, 4.69) is 15.9 Å². The zero-order chi connectivity index (χ0) is 9.64. The highest BCUT2D eigenvalue weighted by molar-refractivity contribution is 9.10. The molecule has 0 spiro atoms. The smallest absolute Gasteiger partial charge is 0.135 e. The van der Waals surface area contributed by atoms with Crippen LogP contribution in [0, 0.1) is 6.92 Å². The van der Waals surface area contributed by atoms with E-state index >= 15 is 0 Å². The molecule has 0 radical (unpaired) electrons. The van der Waals surface area contributed by atoms with E-state index in [1.54, 1.807) is 0 Å². The van der Waals surface area contributed by atoms with Gasteiger partial charge in [-0.05, 0) is 41.3 Å². The number of hydrogen-bond acceptors (Lipinski definition) is 2. The number of halogens is 1. The van der Waals surface area contributed by atoms with Crippen LogP contribution in [0.3, 0.4) is 0 Å². The van der Waals surface area contributed by atoms with Gasteiger partial charge in [-0.25, -0.2) is 0 Å². The fourth-order valence-corrected chi connectivity index (χ4v) is 1.82. The zero-order valence-corrected chi connectivity index (χ0v) is 9.06. The van der Waals surface area contributed by atoms with E-state index in [4.69, 9.17) is 5.73 Å². The molecule has 0 saturated heterocycles. The molecule has 0 amide bonds. The first-order valence-electron chi connectivity index (χ1n) is 4.32. The quantitative estimate of drug-likeness (QED) is 0.794. The van der Waals surface area contributed by atoms with Crippen LogP contribution in [-0.4, -0.2) is 5.11 Å². The molecule has 1 aliphatic carbocycles. The minimum Gasteiger partial charge on any atom is -0.506 e. The number of phenolic OH excluding ortho intramolecular Hbond substituents is 1. The van der Waals surface area contributed by atoms with Gasteiger partial charge in [0.1, 0.15) is 5.75 Å². The highest BCUT2D eigenvalue weighted by Gasteiger charge is 2.42. The van der Waals surface area contributed by atoms with Gasteiger partial charge in [-0.15, -0.1) is 0 Å². The van der Waals surface area contributed by atoms with Crippen molar-refractivity contribution >= 4 is 15.9 Å². The zero-order valence-electron chi connectivity index (χ0n) is 7.47. The lowest BCUT2D eigenvalue weighted by Crippen LogP contribution is -2.18. The van der Waals surface area contributed by atoms with E-state index < -0.39 is 0 Å². The van der Waals surface area contributed by atoms with Crippen LogP contribution in [0.25, 0.3) is 0 Å². The maximum absolute atomic E-state index is 9.83. The van der Waals surface area contributed by atoms with Crippen LogP contribution >= 0.6 is 15.9 Å². The summed E-state index contributed by atoms with van der Waals surface area (Å²) < 4.78 is 0.765. The predicted molar refractivity (Wildman–Crippen MR) is 55.6 cm³/mol. The van der Waals surface area contributed by atoms with E-state index in [0.29, 0.717) is 5.75 Å². The third-order valence-electron chi connectivity index (χ3n) is 2.63. The third kappa shape index (κ3) is 1.36. The molecule has 1 aromatic carbocycles. The number of hydrogen-bond donors (Lipinski definition) is 2. The summed E-state index contributed by atoms with van der Waals surface area (Å²) in [6.07, 6.45) is 1.94. The van der Waals surface area contributed by atoms with Crippen molar-refractivity contribution in [3.63, 3.8) is 0 Å². The van der Waals surface area contributed by atoms with Crippen molar-refractivity contribution in [2.75, 3.05) is 0 Å².